The average molecular weight is 616 g/mol. The van der Waals surface area contributed by atoms with Gasteiger partial charge >= 0.3 is 5.97 Å². The topological polar surface area (TPSA) is 90.3 Å². The van der Waals surface area contributed by atoms with Crippen molar-refractivity contribution in [1.29, 1.82) is 0 Å². The first kappa shape index (κ1) is 30.4. The highest BCUT2D eigenvalue weighted by Crippen LogP contribution is 2.49. The molecule has 2 aliphatic heterocycles. The lowest BCUT2D eigenvalue weighted by molar-refractivity contribution is -0.139. The summed E-state index contributed by atoms with van der Waals surface area (Å²) in [5.41, 5.74) is -1.19. The van der Waals surface area contributed by atoms with Crippen molar-refractivity contribution in [3.8, 4) is 0 Å². The molecule has 5 rings (SSSR count). The quantitative estimate of drug-likeness (QED) is 0.306. The monoisotopic (exact) mass is 614 g/mol. The summed E-state index contributed by atoms with van der Waals surface area (Å²) in [4.78, 5) is 28.7. The van der Waals surface area contributed by atoms with Gasteiger partial charge in [-0.25, -0.2) is 4.39 Å². The number of fused-ring (bicyclic) bond motifs is 1. The molecule has 2 N–H and O–H groups in total. The summed E-state index contributed by atoms with van der Waals surface area (Å²) >= 11 is 12.3. The van der Waals surface area contributed by atoms with Crippen molar-refractivity contribution in [3.63, 3.8) is 0 Å². The number of halogens is 3. The maximum Gasteiger partial charge on any atom is 0.317 e. The molecule has 3 aromatic carbocycles. The van der Waals surface area contributed by atoms with Crippen molar-refractivity contribution in [1.82, 2.24) is 9.80 Å². The van der Waals surface area contributed by atoms with E-state index in [1.54, 1.807) is 54.6 Å². The molecule has 0 aliphatic carbocycles. The number of ether oxygens (including phenoxy) is 1. The predicted molar refractivity (Wildman–Crippen MR) is 158 cm³/mol. The normalized spacial score (nSPS) is 20.9. The van der Waals surface area contributed by atoms with Crippen LogP contribution in [-0.2, 0) is 27.4 Å². The molecule has 0 saturated carbocycles. The van der Waals surface area contributed by atoms with Gasteiger partial charge < -0.3 is 14.9 Å². The number of piperidine rings is 1. The molecule has 0 spiro atoms. The van der Waals surface area contributed by atoms with Crippen molar-refractivity contribution in [2.45, 2.75) is 44.1 Å². The van der Waals surface area contributed by atoms with Gasteiger partial charge in [0.05, 0.1) is 23.3 Å². The van der Waals surface area contributed by atoms with Crippen molar-refractivity contribution < 1.29 is 28.9 Å². The van der Waals surface area contributed by atoms with Gasteiger partial charge in [-0.2, -0.15) is 0 Å². The molecular formula is C32H33Cl2FN2O5. The lowest BCUT2D eigenvalue weighted by Crippen LogP contribution is -2.46. The van der Waals surface area contributed by atoms with E-state index >= 15 is 4.39 Å². The number of carboxylic acids is 1. The van der Waals surface area contributed by atoms with Gasteiger partial charge in [0.1, 0.15) is 5.82 Å². The summed E-state index contributed by atoms with van der Waals surface area (Å²) in [5, 5.41) is 22.2. The van der Waals surface area contributed by atoms with Gasteiger partial charge in [-0.05, 0) is 85.8 Å². The lowest BCUT2D eigenvalue weighted by Gasteiger charge is -2.41. The van der Waals surface area contributed by atoms with Crippen molar-refractivity contribution in [2.75, 3.05) is 26.7 Å². The number of benzene rings is 3. The molecule has 7 nitrogen and oxygen atoms in total. The zero-order chi connectivity index (χ0) is 30.2. The van der Waals surface area contributed by atoms with Crippen molar-refractivity contribution in [3.05, 3.63) is 104 Å². The van der Waals surface area contributed by atoms with Crippen LogP contribution in [0.2, 0.25) is 10.0 Å². The molecule has 2 heterocycles. The SMILES string of the molecule is CCC(O)(c1cc(F)c2c(c1)C(=O)N(Cc1ccc(Cl)cc1)[C@@]2(OC)c1ccc(Cl)cc1)C1CCN(CC(=O)O)CC1. The largest absolute Gasteiger partial charge is 0.480 e. The molecule has 1 amide bonds. The van der Waals surface area contributed by atoms with E-state index in [1.807, 2.05) is 11.8 Å². The molecule has 10 heteroatoms. The Labute approximate surface area is 254 Å². The zero-order valence-electron chi connectivity index (χ0n) is 23.4. The molecule has 0 bridgehead atoms. The van der Waals surface area contributed by atoms with Gasteiger partial charge in [-0.1, -0.05) is 54.4 Å². The summed E-state index contributed by atoms with van der Waals surface area (Å²) in [6, 6.07) is 16.7. The molecule has 1 fully saturated rings. The highest BCUT2D eigenvalue weighted by atomic mass is 35.5. The fourth-order valence-corrected chi connectivity index (χ4v) is 6.80. The van der Waals surface area contributed by atoms with Gasteiger partial charge in [0.25, 0.3) is 5.91 Å². The Hall–Kier alpha value is -3.01. The number of likely N-dealkylation sites (tertiary alicyclic amines) is 1. The number of nitrogens with zero attached hydrogens (tertiary/aromatic N) is 2. The van der Waals surface area contributed by atoms with E-state index in [0.717, 1.165) is 5.56 Å². The van der Waals surface area contributed by atoms with E-state index in [1.165, 1.54) is 18.1 Å². The summed E-state index contributed by atoms with van der Waals surface area (Å²) < 4.78 is 22.6. The fourth-order valence-electron chi connectivity index (χ4n) is 6.54. The highest BCUT2D eigenvalue weighted by molar-refractivity contribution is 6.30. The number of hydrogen-bond acceptors (Lipinski definition) is 5. The highest BCUT2D eigenvalue weighted by Gasteiger charge is 2.54. The third kappa shape index (κ3) is 5.31. The number of amides is 1. The molecule has 222 valence electrons. The first-order valence-electron chi connectivity index (χ1n) is 13.9. The van der Waals surface area contributed by atoms with Crippen LogP contribution in [0.4, 0.5) is 4.39 Å². The first-order chi connectivity index (χ1) is 20.0. The minimum atomic E-state index is -1.59. The van der Waals surface area contributed by atoms with Crippen LogP contribution in [0.5, 0.6) is 0 Å². The maximum absolute atomic E-state index is 16.5. The second-order valence-corrected chi connectivity index (χ2v) is 11.8. The Bertz CT molecular complexity index is 1480. The van der Waals surface area contributed by atoms with Crippen molar-refractivity contribution in [2.24, 2.45) is 5.92 Å². The zero-order valence-corrected chi connectivity index (χ0v) is 25.0. The van der Waals surface area contributed by atoms with Crippen LogP contribution in [0, 0.1) is 11.7 Å². The molecule has 0 radical (unpaired) electrons. The summed E-state index contributed by atoms with van der Waals surface area (Å²) in [6.07, 6.45) is 1.38. The Balaban J connectivity index is 1.60. The number of aliphatic carboxylic acids is 1. The first-order valence-corrected chi connectivity index (χ1v) is 14.7. The van der Waals surface area contributed by atoms with Crippen molar-refractivity contribution >= 4 is 35.1 Å². The fraction of sp³-hybridized carbons (Fsp3) is 0.375. The van der Waals surface area contributed by atoms with Crippen LogP contribution in [0.25, 0.3) is 0 Å². The maximum atomic E-state index is 16.5. The Morgan fingerprint density at radius 2 is 1.67 bits per heavy atom. The van der Waals surface area contributed by atoms with E-state index in [0.29, 0.717) is 53.5 Å². The molecule has 1 unspecified atom stereocenters. The Morgan fingerprint density at radius 3 is 2.21 bits per heavy atom. The van der Waals surface area contributed by atoms with Crippen LogP contribution >= 0.6 is 23.2 Å². The van der Waals surface area contributed by atoms with Gasteiger partial charge in [-0.3, -0.25) is 19.4 Å². The van der Waals surface area contributed by atoms with E-state index < -0.39 is 29.0 Å². The molecule has 42 heavy (non-hydrogen) atoms. The third-order valence-electron chi connectivity index (χ3n) is 8.73. The van der Waals surface area contributed by atoms with Crippen LogP contribution < -0.4 is 0 Å². The van der Waals surface area contributed by atoms with Gasteiger partial charge in [-0.15, -0.1) is 0 Å². The number of hydrogen-bond donors (Lipinski definition) is 2. The van der Waals surface area contributed by atoms with E-state index in [9.17, 15) is 14.7 Å². The molecule has 2 aliphatic rings. The molecule has 1 saturated heterocycles. The van der Waals surface area contributed by atoms with Crippen LogP contribution in [0.15, 0.2) is 60.7 Å². The Morgan fingerprint density at radius 1 is 1.07 bits per heavy atom. The minimum absolute atomic E-state index is 0.0630. The number of carbonyl (C=O) groups excluding carboxylic acids is 1. The van der Waals surface area contributed by atoms with E-state index in [-0.39, 0.29) is 30.1 Å². The second kappa shape index (κ2) is 11.9. The molecule has 3 aromatic rings. The molecule has 0 aromatic heterocycles. The number of rotatable bonds is 9. The van der Waals surface area contributed by atoms with Crippen LogP contribution in [0.3, 0.4) is 0 Å². The van der Waals surface area contributed by atoms with E-state index in [2.05, 4.69) is 0 Å². The molecular weight excluding hydrogens is 582 g/mol. The number of carboxylic acid groups (broad SMARTS) is 1. The second-order valence-electron chi connectivity index (χ2n) is 11.0. The summed E-state index contributed by atoms with van der Waals surface area (Å²) in [6.45, 7) is 2.88. The number of carbonyl (C=O) groups is 2. The lowest BCUT2D eigenvalue weighted by atomic mass is 9.73. The van der Waals surface area contributed by atoms with Crippen LogP contribution in [0.1, 0.15) is 58.8 Å². The standard InChI is InChI=1S/C32H33Cl2FN2O5/c1-3-31(41,21-12-14-36(15-13-21)19-28(38)39)23-16-26-29(27(35)17-23)32(42-2,22-6-10-25(34)11-7-22)37(30(26)40)18-20-4-8-24(33)9-5-20/h4-11,16-17,21,41H,3,12-15,18-19H2,1-2H3,(H,38,39)/t31?,32-/m1/s1. The predicted octanol–water partition coefficient (Wildman–Crippen LogP) is 6.03. The molecule has 2 atom stereocenters. The van der Waals surface area contributed by atoms with Gasteiger partial charge in [0.2, 0.25) is 0 Å². The number of methoxy groups -OCH3 is 1. The average Bonchev–Trinajstić information content (AvgIpc) is 3.22. The van der Waals surface area contributed by atoms with Crippen LogP contribution in [-0.4, -0.2) is 58.6 Å². The minimum Gasteiger partial charge on any atom is -0.480 e. The smallest absolute Gasteiger partial charge is 0.317 e. The summed E-state index contributed by atoms with van der Waals surface area (Å²) in [5.74, 6) is -2.24. The number of aliphatic hydroxyl groups is 1. The third-order valence-corrected chi connectivity index (χ3v) is 9.23. The van der Waals surface area contributed by atoms with Gasteiger partial charge in [0, 0.05) is 29.3 Å². The summed E-state index contributed by atoms with van der Waals surface area (Å²) in [7, 11) is 1.44. The van der Waals surface area contributed by atoms with E-state index in [4.69, 9.17) is 33.0 Å². The Kier molecular flexibility index (Phi) is 8.65. The van der Waals surface area contributed by atoms with Gasteiger partial charge in [0.15, 0.2) is 5.72 Å².